The summed E-state index contributed by atoms with van der Waals surface area (Å²) in [6.45, 7) is 3.78. The summed E-state index contributed by atoms with van der Waals surface area (Å²) in [4.78, 5) is 19.9. The van der Waals surface area contributed by atoms with Crippen LogP contribution >= 0.6 is 0 Å². The molecule has 0 bridgehead atoms. The number of allylic oxidation sites excluding steroid dienone is 3. The zero-order valence-corrected chi connectivity index (χ0v) is 14.6. The number of para-hydroxylation sites is 1. The number of hydrogen-bond donors (Lipinski definition) is 3. The van der Waals surface area contributed by atoms with Gasteiger partial charge in [-0.3, -0.25) is 4.98 Å². The molecule has 0 saturated carbocycles. The summed E-state index contributed by atoms with van der Waals surface area (Å²) in [5.74, 6) is -1.33. The molecule has 3 N–H and O–H groups in total. The SMILES string of the molecule is CC1=C(C(=O)O)C(c2c[nH]c3ccccc23)C(c2ccccn2)=C(C)N1. The van der Waals surface area contributed by atoms with Crippen molar-refractivity contribution in [2.24, 2.45) is 0 Å². The van der Waals surface area contributed by atoms with Crippen LogP contribution in [0.4, 0.5) is 0 Å². The Balaban J connectivity index is 2.01. The van der Waals surface area contributed by atoms with E-state index in [1.54, 1.807) is 6.20 Å². The average molecular weight is 345 g/mol. The normalized spacial score (nSPS) is 17.5. The first kappa shape index (κ1) is 16.1. The van der Waals surface area contributed by atoms with Crippen LogP contribution < -0.4 is 5.32 Å². The number of nitrogens with zero attached hydrogens (tertiary/aromatic N) is 1. The van der Waals surface area contributed by atoms with Crippen molar-refractivity contribution in [3.8, 4) is 0 Å². The quantitative estimate of drug-likeness (QED) is 0.669. The van der Waals surface area contributed by atoms with E-state index >= 15 is 0 Å². The molecule has 1 atom stereocenters. The molecule has 4 rings (SSSR count). The summed E-state index contributed by atoms with van der Waals surface area (Å²) in [7, 11) is 0. The number of aliphatic carboxylic acids is 1. The van der Waals surface area contributed by atoms with Crippen LogP contribution in [0.5, 0.6) is 0 Å². The molecule has 1 aromatic carbocycles. The zero-order chi connectivity index (χ0) is 18.3. The number of H-pyrrole nitrogens is 1. The molecule has 3 heterocycles. The van der Waals surface area contributed by atoms with Crippen molar-refractivity contribution in [3.05, 3.63) is 83.1 Å². The van der Waals surface area contributed by atoms with E-state index in [0.29, 0.717) is 11.3 Å². The highest BCUT2D eigenvalue weighted by molar-refractivity contribution is 5.99. The molecule has 0 saturated heterocycles. The molecule has 1 aliphatic heterocycles. The smallest absolute Gasteiger partial charge is 0.334 e. The van der Waals surface area contributed by atoms with Crippen molar-refractivity contribution in [2.75, 3.05) is 0 Å². The van der Waals surface area contributed by atoms with E-state index in [1.807, 2.05) is 62.5 Å². The number of carboxylic acid groups (broad SMARTS) is 1. The van der Waals surface area contributed by atoms with Crippen LogP contribution in [0.1, 0.15) is 31.0 Å². The second-order valence-corrected chi connectivity index (χ2v) is 6.45. The van der Waals surface area contributed by atoms with E-state index in [1.165, 1.54) is 0 Å². The number of rotatable bonds is 3. The zero-order valence-electron chi connectivity index (χ0n) is 14.6. The van der Waals surface area contributed by atoms with Crippen LogP contribution in [-0.4, -0.2) is 21.0 Å². The minimum atomic E-state index is -0.925. The Bertz CT molecular complexity index is 1060. The molecule has 5 heteroatoms. The minimum absolute atomic E-state index is 0.348. The molecule has 3 aromatic rings. The number of carbonyl (C=O) groups is 1. The fourth-order valence-electron chi connectivity index (χ4n) is 3.78. The number of hydrogen-bond acceptors (Lipinski definition) is 3. The van der Waals surface area contributed by atoms with Gasteiger partial charge in [0.2, 0.25) is 0 Å². The summed E-state index contributed by atoms with van der Waals surface area (Å²) < 4.78 is 0. The average Bonchev–Trinajstić information content (AvgIpc) is 3.05. The van der Waals surface area contributed by atoms with Crippen molar-refractivity contribution in [1.29, 1.82) is 0 Å². The molecular formula is C21H19N3O2. The molecule has 2 aromatic heterocycles. The van der Waals surface area contributed by atoms with Gasteiger partial charge in [-0.05, 0) is 37.6 Å². The van der Waals surface area contributed by atoms with E-state index in [4.69, 9.17) is 0 Å². The Labute approximate surface area is 151 Å². The maximum Gasteiger partial charge on any atom is 0.334 e. The lowest BCUT2D eigenvalue weighted by Gasteiger charge is -2.30. The first-order valence-corrected chi connectivity index (χ1v) is 8.47. The largest absolute Gasteiger partial charge is 0.478 e. The van der Waals surface area contributed by atoms with Crippen molar-refractivity contribution < 1.29 is 9.90 Å². The molecule has 0 amide bonds. The molecule has 130 valence electrons. The van der Waals surface area contributed by atoms with Gasteiger partial charge < -0.3 is 15.4 Å². The third-order valence-electron chi connectivity index (χ3n) is 4.86. The van der Waals surface area contributed by atoms with Gasteiger partial charge in [-0.2, -0.15) is 0 Å². The first-order valence-electron chi connectivity index (χ1n) is 8.47. The van der Waals surface area contributed by atoms with Crippen molar-refractivity contribution >= 4 is 22.4 Å². The van der Waals surface area contributed by atoms with Crippen LogP contribution in [0.3, 0.4) is 0 Å². The Morgan fingerprint density at radius 3 is 2.58 bits per heavy atom. The third kappa shape index (κ3) is 2.49. The summed E-state index contributed by atoms with van der Waals surface area (Å²) in [6.07, 6.45) is 3.64. The van der Waals surface area contributed by atoms with Gasteiger partial charge >= 0.3 is 5.97 Å². The lowest BCUT2D eigenvalue weighted by atomic mass is 9.79. The van der Waals surface area contributed by atoms with Crippen LogP contribution in [0.15, 0.2) is 71.8 Å². The molecule has 1 aliphatic rings. The fraction of sp³-hybridized carbons (Fsp3) is 0.143. The van der Waals surface area contributed by atoms with Crippen LogP contribution in [0.25, 0.3) is 16.5 Å². The monoisotopic (exact) mass is 345 g/mol. The van der Waals surface area contributed by atoms with Gasteiger partial charge in [0.15, 0.2) is 0 Å². The summed E-state index contributed by atoms with van der Waals surface area (Å²) in [6, 6.07) is 13.6. The number of dihydropyridines is 1. The van der Waals surface area contributed by atoms with Gasteiger partial charge in [-0.15, -0.1) is 0 Å². The van der Waals surface area contributed by atoms with Gasteiger partial charge in [-0.25, -0.2) is 4.79 Å². The van der Waals surface area contributed by atoms with E-state index in [-0.39, 0.29) is 0 Å². The van der Waals surface area contributed by atoms with Gasteiger partial charge in [0, 0.05) is 46.2 Å². The van der Waals surface area contributed by atoms with Crippen LogP contribution in [0, 0.1) is 0 Å². The Hall–Kier alpha value is -3.34. The third-order valence-corrected chi connectivity index (χ3v) is 4.86. The van der Waals surface area contributed by atoms with Crippen molar-refractivity contribution in [2.45, 2.75) is 19.8 Å². The van der Waals surface area contributed by atoms with Crippen LogP contribution in [-0.2, 0) is 4.79 Å². The van der Waals surface area contributed by atoms with E-state index < -0.39 is 11.9 Å². The predicted molar refractivity (Wildman–Crippen MR) is 101 cm³/mol. The summed E-state index contributed by atoms with van der Waals surface area (Å²) in [5.41, 5.74) is 5.52. The molecular weight excluding hydrogens is 326 g/mol. The molecule has 5 nitrogen and oxygen atoms in total. The number of fused-ring (bicyclic) bond motifs is 1. The fourth-order valence-corrected chi connectivity index (χ4v) is 3.78. The van der Waals surface area contributed by atoms with Crippen LogP contribution in [0.2, 0.25) is 0 Å². The first-order chi connectivity index (χ1) is 12.6. The Morgan fingerprint density at radius 2 is 1.85 bits per heavy atom. The number of aromatic nitrogens is 2. The Kier molecular flexibility index (Phi) is 3.84. The van der Waals surface area contributed by atoms with Gasteiger partial charge in [0.05, 0.1) is 11.3 Å². The van der Waals surface area contributed by atoms with Gasteiger partial charge in [-0.1, -0.05) is 24.3 Å². The van der Waals surface area contributed by atoms with E-state index in [9.17, 15) is 9.90 Å². The predicted octanol–water partition coefficient (Wildman–Crippen LogP) is 4.04. The highest BCUT2D eigenvalue weighted by Crippen LogP contribution is 2.44. The number of benzene rings is 1. The second-order valence-electron chi connectivity index (χ2n) is 6.45. The van der Waals surface area contributed by atoms with E-state index in [0.717, 1.165) is 33.4 Å². The van der Waals surface area contributed by atoms with E-state index in [2.05, 4.69) is 15.3 Å². The number of nitrogens with one attached hydrogen (secondary N) is 2. The molecule has 0 radical (unpaired) electrons. The highest BCUT2D eigenvalue weighted by Gasteiger charge is 2.35. The summed E-state index contributed by atoms with van der Waals surface area (Å²) in [5, 5.41) is 14.2. The standard InChI is InChI=1S/C21H19N3O2/c1-12-18(17-9-5-6-10-22-17)20(19(21(25)26)13(2)24-12)15-11-23-16-8-4-3-7-14(15)16/h3-11,20,23-24H,1-2H3,(H,25,26). The topological polar surface area (TPSA) is 78.0 Å². The van der Waals surface area contributed by atoms with Gasteiger partial charge in [0.1, 0.15) is 0 Å². The number of carboxylic acids is 1. The van der Waals surface area contributed by atoms with Crippen molar-refractivity contribution in [1.82, 2.24) is 15.3 Å². The highest BCUT2D eigenvalue weighted by atomic mass is 16.4. The molecule has 0 fully saturated rings. The minimum Gasteiger partial charge on any atom is -0.478 e. The lowest BCUT2D eigenvalue weighted by molar-refractivity contribution is -0.132. The molecule has 26 heavy (non-hydrogen) atoms. The summed E-state index contributed by atoms with van der Waals surface area (Å²) >= 11 is 0. The Morgan fingerprint density at radius 1 is 1.08 bits per heavy atom. The van der Waals surface area contributed by atoms with Crippen molar-refractivity contribution in [3.63, 3.8) is 0 Å². The number of pyridine rings is 1. The molecule has 0 aliphatic carbocycles. The van der Waals surface area contributed by atoms with Gasteiger partial charge in [0.25, 0.3) is 0 Å². The maximum atomic E-state index is 12.1. The number of aromatic amines is 1. The second kappa shape index (κ2) is 6.19. The maximum absolute atomic E-state index is 12.1. The molecule has 1 unspecified atom stereocenters. The lowest BCUT2D eigenvalue weighted by Crippen LogP contribution is -2.27. The molecule has 0 spiro atoms.